The van der Waals surface area contributed by atoms with Crippen LogP contribution in [0.25, 0.3) is 11.0 Å². The van der Waals surface area contributed by atoms with Crippen LogP contribution in [0.3, 0.4) is 0 Å². The van der Waals surface area contributed by atoms with E-state index in [2.05, 4.69) is 33.0 Å². The molecule has 0 atom stereocenters. The summed E-state index contributed by atoms with van der Waals surface area (Å²) in [7, 11) is 0. The smallest absolute Gasteiger partial charge is 0.243 e. The number of unbranched alkanes of at least 4 members (excludes halogenated alkanes) is 2. The first-order valence-electron chi connectivity index (χ1n) is 13.7. The van der Waals surface area contributed by atoms with Crippen molar-refractivity contribution in [3.63, 3.8) is 0 Å². The lowest BCUT2D eigenvalue weighted by Gasteiger charge is -2.35. The number of aryl methyl sites for hydroxylation is 1. The van der Waals surface area contributed by atoms with E-state index in [9.17, 15) is 9.59 Å². The van der Waals surface area contributed by atoms with E-state index in [0.717, 1.165) is 61.9 Å². The van der Waals surface area contributed by atoms with E-state index >= 15 is 0 Å². The zero-order chi connectivity index (χ0) is 25.2. The maximum Gasteiger partial charge on any atom is 0.243 e. The van der Waals surface area contributed by atoms with Crippen LogP contribution in [0.2, 0.25) is 0 Å². The van der Waals surface area contributed by atoms with E-state index in [1.807, 2.05) is 43.3 Å². The second kappa shape index (κ2) is 13.2. The lowest BCUT2D eigenvalue weighted by Crippen LogP contribution is -2.42. The fourth-order valence-corrected chi connectivity index (χ4v) is 5.25. The summed E-state index contributed by atoms with van der Waals surface area (Å²) in [6.45, 7) is 3.58. The largest absolute Gasteiger partial charge is 0.356 e. The van der Waals surface area contributed by atoms with Gasteiger partial charge in [-0.1, -0.05) is 75.1 Å². The normalized spacial score (nSPS) is 14.1. The molecule has 6 heteroatoms. The molecule has 0 unspecified atom stereocenters. The Balaban J connectivity index is 1.47. The third-order valence-corrected chi connectivity index (χ3v) is 7.28. The molecule has 6 nitrogen and oxygen atoms in total. The highest BCUT2D eigenvalue weighted by molar-refractivity contribution is 5.81. The fraction of sp³-hybridized carbons (Fsp3) is 0.500. The summed E-state index contributed by atoms with van der Waals surface area (Å²) in [4.78, 5) is 32.3. The molecule has 1 saturated carbocycles. The minimum atomic E-state index is 0.105. The Morgan fingerprint density at radius 2 is 1.72 bits per heavy atom. The quantitative estimate of drug-likeness (QED) is 0.336. The van der Waals surface area contributed by atoms with Crippen LogP contribution < -0.4 is 5.32 Å². The highest BCUT2D eigenvalue weighted by atomic mass is 16.2. The number of para-hydroxylation sites is 2. The van der Waals surface area contributed by atoms with Crippen molar-refractivity contribution >= 4 is 22.8 Å². The van der Waals surface area contributed by atoms with Crippen LogP contribution in [0, 0.1) is 0 Å². The second-order valence-electron chi connectivity index (χ2n) is 9.92. The third-order valence-electron chi connectivity index (χ3n) is 7.28. The van der Waals surface area contributed by atoms with Crippen LogP contribution in [0.15, 0.2) is 54.6 Å². The van der Waals surface area contributed by atoms with E-state index < -0.39 is 0 Å². The molecule has 1 N–H and O–H groups in total. The highest BCUT2D eigenvalue weighted by Gasteiger charge is 2.26. The van der Waals surface area contributed by atoms with Crippen molar-refractivity contribution in [1.82, 2.24) is 19.8 Å². The van der Waals surface area contributed by atoms with Crippen molar-refractivity contribution in [3.8, 4) is 0 Å². The van der Waals surface area contributed by atoms with E-state index in [1.54, 1.807) is 0 Å². The molecule has 1 aromatic heterocycles. The Bertz CT molecular complexity index is 1120. The van der Waals surface area contributed by atoms with Crippen molar-refractivity contribution in [2.45, 2.75) is 90.3 Å². The van der Waals surface area contributed by atoms with Gasteiger partial charge in [0.1, 0.15) is 12.4 Å². The molecule has 1 fully saturated rings. The number of amides is 2. The Morgan fingerprint density at radius 1 is 0.972 bits per heavy atom. The van der Waals surface area contributed by atoms with Gasteiger partial charge in [-0.2, -0.15) is 0 Å². The summed E-state index contributed by atoms with van der Waals surface area (Å²) in [6.07, 6.45) is 10.1. The van der Waals surface area contributed by atoms with Crippen LogP contribution in [-0.2, 0) is 29.1 Å². The predicted molar refractivity (Wildman–Crippen MR) is 144 cm³/mol. The number of carbonyl (C=O) groups is 2. The maximum absolute atomic E-state index is 13.9. The van der Waals surface area contributed by atoms with Crippen molar-refractivity contribution in [2.75, 3.05) is 6.54 Å². The summed E-state index contributed by atoms with van der Waals surface area (Å²) >= 11 is 0. The topological polar surface area (TPSA) is 67.2 Å². The van der Waals surface area contributed by atoms with Gasteiger partial charge in [0.2, 0.25) is 11.8 Å². The first-order valence-corrected chi connectivity index (χ1v) is 13.7. The number of aromatic nitrogens is 2. The van der Waals surface area contributed by atoms with Gasteiger partial charge in [-0.05, 0) is 43.4 Å². The van der Waals surface area contributed by atoms with Gasteiger partial charge in [-0.25, -0.2) is 4.98 Å². The molecule has 3 aromatic rings. The lowest BCUT2D eigenvalue weighted by atomic mass is 9.93. The summed E-state index contributed by atoms with van der Waals surface area (Å²) in [6, 6.07) is 18.8. The van der Waals surface area contributed by atoms with Gasteiger partial charge in [-0.3, -0.25) is 9.59 Å². The Kier molecular flexibility index (Phi) is 9.54. The van der Waals surface area contributed by atoms with Crippen molar-refractivity contribution in [2.24, 2.45) is 0 Å². The molecule has 2 aromatic carbocycles. The van der Waals surface area contributed by atoms with Crippen molar-refractivity contribution in [3.05, 3.63) is 66.0 Å². The molecule has 4 rings (SSSR count). The Labute approximate surface area is 215 Å². The zero-order valence-electron chi connectivity index (χ0n) is 21.6. The molecule has 192 valence electrons. The number of hydrogen-bond donors (Lipinski definition) is 1. The number of hydrogen-bond acceptors (Lipinski definition) is 3. The molecule has 0 aliphatic heterocycles. The first kappa shape index (κ1) is 25.9. The molecule has 2 amide bonds. The number of benzene rings is 2. The van der Waals surface area contributed by atoms with Crippen LogP contribution in [0.1, 0.15) is 76.1 Å². The molecule has 36 heavy (non-hydrogen) atoms. The second-order valence-corrected chi connectivity index (χ2v) is 9.92. The van der Waals surface area contributed by atoms with E-state index in [-0.39, 0.29) is 11.8 Å². The third kappa shape index (κ3) is 6.96. The summed E-state index contributed by atoms with van der Waals surface area (Å²) in [5.74, 6) is 1.26. The van der Waals surface area contributed by atoms with Crippen LogP contribution >= 0.6 is 0 Å². The Hall–Kier alpha value is -3.15. The number of carbonyl (C=O) groups excluding carboxylic acids is 2. The van der Waals surface area contributed by atoms with Gasteiger partial charge in [0.05, 0.1) is 11.0 Å². The van der Waals surface area contributed by atoms with E-state index in [0.29, 0.717) is 25.6 Å². The van der Waals surface area contributed by atoms with Crippen LogP contribution in [0.4, 0.5) is 0 Å². The summed E-state index contributed by atoms with van der Waals surface area (Å²) < 4.78 is 2.14. The SMILES string of the molecule is CCC(=O)NCCCCCc1nc2ccccc2n1CC(=O)N(Cc1ccccc1)C1CCCCC1. The highest BCUT2D eigenvalue weighted by Crippen LogP contribution is 2.26. The molecule has 1 aliphatic rings. The predicted octanol–water partition coefficient (Wildman–Crippen LogP) is 5.64. The lowest BCUT2D eigenvalue weighted by molar-refractivity contribution is -0.135. The molecule has 0 spiro atoms. The van der Waals surface area contributed by atoms with Gasteiger partial charge in [-0.15, -0.1) is 0 Å². The zero-order valence-corrected chi connectivity index (χ0v) is 21.6. The fourth-order valence-electron chi connectivity index (χ4n) is 5.25. The monoisotopic (exact) mass is 488 g/mol. The number of nitrogens with zero attached hydrogens (tertiary/aromatic N) is 3. The van der Waals surface area contributed by atoms with Gasteiger partial charge >= 0.3 is 0 Å². The minimum Gasteiger partial charge on any atom is -0.356 e. The summed E-state index contributed by atoms with van der Waals surface area (Å²) in [5, 5.41) is 2.94. The van der Waals surface area contributed by atoms with Crippen LogP contribution in [-0.4, -0.2) is 38.9 Å². The van der Waals surface area contributed by atoms with E-state index in [4.69, 9.17) is 4.98 Å². The van der Waals surface area contributed by atoms with E-state index in [1.165, 1.54) is 24.8 Å². The van der Waals surface area contributed by atoms with Crippen LogP contribution in [0.5, 0.6) is 0 Å². The van der Waals surface area contributed by atoms with Crippen molar-refractivity contribution < 1.29 is 9.59 Å². The Morgan fingerprint density at radius 3 is 2.50 bits per heavy atom. The first-order chi connectivity index (χ1) is 17.7. The van der Waals surface area contributed by atoms with Gasteiger partial charge in [0, 0.05) is 32.0 Å². The van der Waals surface area contributed by atoms with Gasteiger partial charge < -0.3 is 14.8 Å². The molecule has 1 aliphatic carbocycles. The molecule has 1 heterocycles. The minimum absolute atomic E-state index is 0.105. The van der Waals surface area contributed by atoms with Crippen molar-refractivity contribution in [1.29, 1.82) is 0 Å². The number of rotatable bonds is 12. The molecular formula is C30H40N4O2. The average Bonchev–Trinajstić information content (AvgIpc) is 3.27. The summed E-state index contributed by atoms with van der Waals surface area (Å²) in [5.41, 5.74) is 3.16. The average molecular weight is 489 g/mol. The number of nitrogens with one attached hydrogen (secondary N) is 1. The number of imidazole rings is 1. The molecular weight excluding hydrogens is 448 g/mol. The maximum atomic E-state index is 13.9. The molecule has 0 radical (unpaired) electrons. The number of fused-ring (bicyclic) bond motifs is 1. The standard InChI is InChI=1S/C30H40N4O2/c1-2-29(35)31-21-13-5-10-20-28-32-26-18-11-12-19-27(26)34(28)23-30(36)33(25-16-8-4-9-17-25)22-24-14-6-3-7-15-24/h3,6-7,11-12,14-15,18-19,25H,2,4-5,8-10,13,16-17,20-23H2,1H3,(H,31,35). The van der Waals surface area contributed by atoms with Gasteiger partial charge in [0.25, 0.3) is 0 Å². The van der Waals surface area contributed by atoms with Gasteiger partial charge in [0.15, 0.2) is 0 Å². The molecule has 0 bridgehead atoms. The molecule has 0 saturated heterocycles.